The van der Waals surface area contributed by atoms with Gasteiger partial charge in [-0.25, -0.2) is 4.39 Å². The van der Waals surface area contributed by atoms with E-state index in [1.807, 2.05) is 6.92 Å². The lowest BCUT2D eigenvalue weighted by molar-refractivity contribution is 0.318. The van der Waals surface area contributed by atoms with E-state index in [-0.39, 0.29) is 5.84 Å². The fourth-order valence-electron chi connectivity index (χ4n) is 1.80. The highest BCUT2D eigenvalue weighted by atomic mass is 19.1. The van der Waals surface area contributed by atoms with Gasteiger partial charge in [-0.1, -0.05) is 5.16 Å². The van der Waals surface area contributed by atoms with Gasteiger partial charge in [-0.15, -0.1) is 0 Å². The third-order valence-corrected chi connectivity index (χ3v) is 2.83. The van der Waals surface area contributed by atoms with Gasteiger partial charge >= 0.3 is 0 Å². The third kappa shape index (κ3) is 4.22. The van der Waals surface area contributed by atoms with Gasteiger partial charge in [0.05, 0.1) is 11.4 Å². The van der Waals surface area contributed by atoms with Crippen molar-refractivity contribution in [2.75, 3.05) is 0 Å². The Morgan fingerprint density at radius 3 is 2.76 bits per heavy atom. The summed E-state index contributed by atoms with van der Waals surface area (Å²) in [5.74, 6) is -0.564. The maximum absolute atomic E-state index is 13.5. The highest BCUT2D eigenvalue weighted by molar-refractivity contribution is 5.97. The van der Waals surface area contributed by atoms with Crippen molar-refractivity contribution in [1.29, 1.82) is 0 Å². The van der Waals surface area contributed by atoms with Crippen LogP contribution in [0.2, 0.25) is 0 Å². The van der Waals surface area contributed by atoms with E-state index in [1.165, 1.54) is 12.1 Å². The van der Waals surface area contributed by atoms with Gasteiger partial charge < -0.3 is 16.3 Å². The van der Waals surface area contributed by atoms with Crippen LogP contribution in [0.3, 0.4) is 0 Å². The van der Waals surface area contributed by atoms with Gasteiger partial charge in [-0.3, -0.25) is 9.97 Å². The van der Waals surface area contributed by atoms with Crippen LogP contribution in [0.1, 0.15) is 22.5 Å². The van der Waals surface area contributed by atoms with Crippen molar-refractivity contribution in [3.05, 3.63) is 58.9 Å². The topological polar surface area (TPSA) is 96.4 Å². The molecule has 0 saturated carbocycles. The number of halogens is 1. The van der Waals surface area contributed by atoms with E-state index in [9.17, 15) is 4.39 Å². The van der Waals surface area contributed by atoms with Crippen LogP contribution in [-0.4, -0.2) is 21.0 Å². The number of nitrogens with two attached hydrogens (primary N) is 1. The largest absolute Gasteiger partial charge is 0.409 e. The molecule has 2 aromatic rings. The molecule has 0 saturated heterocycles. The van der Waals surface area contributed by atoms with E-state index in [4.69, 9.17) is 10.9 Å². The van der Waals surface area contributed by atoms with Crippen molar-refractivity contribution < 1.29 is 9.60 Å². The van der Waals surface area contributed by atoms with Gasteiger partial charge in [-0.05, 0) is 30.7 Å². The molecule has 2 rings (SSSR count). The first-order chi connectivity index (χ1) is 10.1. The van der Waals surface area contributed by atoms with Crippen LogP contribution in [0.5, 0.6) is 0 Å². The minimum absolute atomic E-state index is 0.125. The summed E-state index contributed by atoms with van der Waals surface area (Å²) in [7, 11) is 0. The molecule has 6 nitrogen and oxygen atoms in total. The van der Waals surface area contributed by atoms with E-state index < -0.39 is 5.82 Å². The van der Waals surface area contributed by atoms with E-state index in [2.05, 4.69) is 20.4 Å². The van der Waals surface area contributed by atoms with Crippen molar-refractivity contribution in [3.8, 4) is 0 Å². The van der Waals surface area contributed by atoms with E-state index in [0.29, 0.717) is 24.2 Å². The number of nitrogens with one attached hydrogen (secondary N) is 1. The summed E-state index contributed by atoms with van der Waals surface area (Å²) >= 11 is 0. The van der Waals surface area contributed by atoms with Crippen LogP contribution in [0.4, 0.5) is 4.39 Å². The van der Waals surface area contributed by atoms with Crippen LogP contribution >= 0.6 is 0 Å². The van der Waals surface area contributed by atoms with E-state index >= 15 is 0 Å². The van der Waals surface area contributed by atoms with Crippen molar-refractivity contribution in [3.63, 3.8) is 0 Å². The highest BCUT2D eigenvalue weighted by Crippen LogP contribution is 2.09. The van der Waals surface area contributed by atoms with Gasteiger partial charge in [0, 0.05) is 31.0 Å². The van der Waals surface area contributed by atoms with Crippen molar-refractivity contribution in [2.24, 2.45) is 10.9 Å². The maximum atomic E-state index is 13.5. The molecule has 0 unspecified atom stereocenters. The normalized spacial score (nSPS) is 11.6. The van der Waals surface area contributed by atoms with Crippen molar-refractivity contribution in [1.82, 2.24) is 15.3 Å². The third-order valence-electron chi connectivity index (χ3n) is 2.83. The molecule has 0 aliphatic rings. The Morgan fingerprint density at radius 1 is 1.29 bits per heavy atom. The van der Waals surface area contributed by atoms with Crippen LogP contribution in [-0.2, 0) is 13.1 Å². The first-order valence-electron chi connectivity index (χ1n) is 6.34. The second kappa shape index (κ2) is 6.76. The maximum Gasteiger partial charge on any atom is 0.170 e. The number of rotatable bonds is 5. The predicted molar refractivity (Wildman–Crippen MR) is 76.2 cm³/mol. The Balaban J connectivity index is 2.00. The fourth-order valence-corrected chi connectivity index (χ4v) is 1.80. The lowest BCUT2D eigenvalue weighted by Gasteiger charge is -2.07. The first-order valence-corrected chi connectivity index (χ1v) is 6.34. The Hall–Kier alpha value is -2.54. The standard InChI is InChI=1S/C14H16FN5O/c1-9-5-19-13(8-18-9)7-17-6-10-2-11(14(16)20-21)4-12(15)3-10/h2-5,8,17,21H,6-7H2,1H3,(H2,16,20). The number of benzene rings is 1. The van der Waals surface area contributed by atoms with Crippen LogP contribution in [0.15, 0.2) is 35.7 Å². The second-order valence-electron chi connectivity index (χ2n) is 4.59. The molecule has 0 bridgehead atoms. The summed E-state index contributed by atoms with van der Waals surface area (Å²) in [4.78, 5) is 8.36. The second-order valence-corrected chi connectivity index (χ2v) is 4.59. The summed E-state index contributed by atoms with van der Waals surface area (Å²) in [6.45, 7) is 2.81. The number of amidine groups is 1. The molecule has 1 aromatic carbocycles. The van der Waals surface area contributed by atoms with Crippen LogP contribution in [0, 0.1) is 12.7 Å². The molecular weight excluding hydrogens is 273 g/mol. The summed E-state index contributed by atoms with van der Waals surface area (Å²) < 4.78 is 13.5. The zero-order valence-corrected chi connectivity index (χ0v) is 11.5. The molecule has 0 amide bonds. The number of nitrogens with zero attached hydrogens (tertiary/aromatic N) is 3. The zero-order valence-electron chi connectivity index (χ0n) is 11.5. The minimum Gasteiger partial charge on any atom is -0.409 e. The number of aryl methyl sites for hydroxylation is 1. The lowest BCUT2D eigenvalue weighted by Crippen LogP contribution is -2.17. The average molecular weight is 289 g/mol. The van der Waals surface area contributed by atoms with E-state index in [1.54, 1.807) is 18.5 Å². The summed E-state index contributed by atoms with van der Waals surface area (Å²) in [6, 6.07) is 4.26. The molecule has 0 spiro atoms. The predicted octanol–water partition coefficient (Wildman–Crippen LogP) is 1.31. The van der Waals surface area contributed by atoms with Crippen molar-refractivity contribution >= 4 is 5.84 Å². The molecule has 4 N–H and O–H groups in total. The van der Waals surface area contributed by atoms with Gasteiger partial charge in [0.1, 0.15) is 5.82 Å². The Kier molecular flexibility index (Phi) is 4.78. The number of oxime groups is 1. The summed E-state index contributed by atoms with van der Waals surface area (Å²) in [6.07, 6.45) is 3.38. The molecule has 7 heteroatoms. The lowest BCUT2D eigenvalue weighted by atomic mass is 10.1. The van der Waals surface area contributed by atoms with Gasteiger partial charge in [-0.2, -0.15) is 0 Å². The minimum atomic E-state index is -0.439. The zero-order chi connectivity index (χ0) is 15.2. The molecule has 0 atom stereocenters. The molecule has 0 radical (unpaired) electrons. The summed E-state index contributed by atoms with van der Waals surface area (Å²) in [5.41, 5.74) is 8.14. The molecule has 0 aliphatic heterocycles. The van der Waals surface area contributed by atoms with Gasteiger partial charge in [0.15, 0.2) is 5.84 Å². The average Bonchev–Trinajstić information content (AvgIpc) is 2.48. The molecular formula is C14H16FN5O. The quantitative estimate of drug-likeness (QED) is 0.334. The van der Waals surface area contributed by atoms with Crippen molar-refractivity contribution in [2.45, 2.75) is 20.0 Å². The Bertz CT molecular complexity index is 642. The smallest absolute Gasteiger partial charge is 0.170 e. The van der Waals surface area contributed by atoms with Gasteiger partial charge in [0.25, 0.3) is 0 Å². The highest BCUT2D eigenvalue weighted by Gasteiger charge is 2.05. The molecule has 1 aromatic heterocycles. The first kappa shape index (κ1) is 14.9. The number of aromatic nitrogens is 2. The molecule has 0 fully saturated rings. The van der Waals surface area contributed by atoms with Crippen LogP contribution < -0.4 is 11.1 Å². The SMILES string of the molecule is Cc1cnc(CNCc2cc(F)cc(/C(N)=N/O)c2)cn1. The molecule has 1 heterocycles. The Labute approximate surface area is 121 Å². The van der Waals surface area contributed by atoms with Gasteiger partial charge in [0.2, 0.25) is 0 Å². The Morgan fingerprint density at radius 2 is 2.10 bits per heavy atom. The molecule has 21 heavy (non-hydrogen) atoms. The number of hydrogen-bond donors (Lipinski definition) is 3. The molecule has 0 aliphatic carbocycles. The summed E-state index contributed by atoms with van der Waals surface area (Å²) in [5, 5.41) is 14.6. The molecule has 110 valence electrons. The van der Waals surface area contributed by atoms with E-state index in [0.717, 1.165) is 11.4 Å². The number of hydrogen-bond acceptors (Lipinski definition) is 5. The van der Waals surface area contributed by atoms with Crippen LogP contribution in [0.25, 0.3) is 0 Å². The monoisotopic (exact) mass is 289 g/mol. The fraction of sp³-hybridized carbons (Fsp3) is 0.214.